The maximum Gasteiger partial charge on any atom is 0.416 e. The summed E-state index contributed by atoms with van der Waals surface area (Å²) in [5.74, 6) is 0.570. The Kier molecular flexibility index (Phi) is 8.44. The van der Waals surface area contributed by atoms with Crippen molar-refractivity contribution in [1.82, 2.24) is 5.32 Å². The van der Waals surface area contributed by atoms with E-state index >= 15 is 0 Å². The summed E-state index contributed by atoms with van der Waals surface area (Å²) in [4.78, 5) is 22.9. The van der Waals surface area contributed by atoms with E-state index in [-0.39, 0.29) is 30.9 Å². The van der Waals surface area contributed by atoms with E-state index in [0.29, 0.717) is 28.4 Å². The van der Waals surface area contributed by atoms with Gasteiger partial charge in [-0.25, -0.2) is 0 Å². The molecule has 1 heterocycles. The molecular weight excluding hydrogens is 499 g/mol. The van der Waals surface area contributed by atoms with Gasteiger partial charge < -0.3 is 19.6 Å². The predicted molar refractivity (Wildman–Crippen MR) is 135 cm³/mol. The van der Waals surface area contributed by atoms with Crippen LogP contribution in [-0.4, -0.2) is 23.5 Å². The molecule has 1 atom stereocenters. The van der Waals surface area contributed by atoms with E-state index in [2.05, 4.69) is 5.32 Å². The molecule has 0 bridgehead atoms. The summed E-state index contributed by atoms with van der Waals surface area (Å²) in [5.41, 5.74) is 1.07. The molecule has 6 nitrogen and oxygen atoms in total. The van der Waals surface area contributed by atoms with E-state index in [9.17, 15) is 22.8 Å². The fourth-order valence-electron chi connectivity index (χ4n) is 4.81. The molecule has 202 valence electrons. The van der Waals surface area contributed by atoms with Crippen molar-refractivity contribution in [3.63, 3.8) is 0 Å². The van der Waals surface area contributed by atoms with E-state index in [1.807, 2.05) is 13.0 Å². The highest BCUT2D eigenvalue weighted by Crippen LogP contribution is 2.41. The number of aliphatic carboxylic acids is 1. The van der Waals surface area contributed by atoms with Gasteiger partial charge >= 0.3 is 12.1 Å². The summed E-state index contributed by atoms with van der Waals surface area (Å²) < 4.78 is 51.4. The highest BCUT2D eigenvalue weighted by atomic mass is 19.4. The second-order valence-corrected chi connectivity index (χ2v) is 9.56. The van der Waals surface area contributed by atoms with Crippen molar-refractivity contribution >= 4 is 11.9 Å². The third kappa shape index (κ3) is 6.76. The molecule has 4 rings (SSSR count). The van der Waals surface area contributed by atoms with Crippen molar-refractivity contribution in [3.8, 4) is 17.1 Å². The molecule has 0 aliphatic heterocycles. The van der Waals surface area contributed by atoms with E-state index in [1.54, 1.807) is 24.3 Å². The number of amides is 1. The fourth-order valence-corrected chi connectivity index (χ4v) is 4.81. The first-order valence-electron chi connectivity index (χ1n) is 12.7. The zero-order valence-electron chi connectivity index (χ0n) is 21.0. The van der Waals surface area contributed by atoms with Crippen molar-refractivity contribution in [2.24, 2.45) is 5.92 Å². The Morgan fingerprint density at radius 2 is 1.71 bits per heavy atom. The summed E-state index contributed by atoms with van der Waals surface area (Å²) in [6.07, 6.45) is 0.412. The first kappa shape index (κ1) is 27.3. The monoisotopic (exact) mass is 529 g/mol. The number of carbonyl (C=O) groups is 2. The first-order valence-corrected chi connectivity index (χ1v) is 12.7. The molecule has 2 aromatic carbocycles. The second-order valence-electron chi connectivity index (χ2n) is 9.56. The Morgan fingerprint density at radius 3 is 2.32 bits per heavy atom. The molecule has 1 amide bonds. The maximum atomic E-state index is 13.0. The van der Waals surface area contributed by atoms with Crippen LogP contribution in [0.1, 0.15) is 71.9 Å². The van der Waals surface area contributed by atoms with E-state index < -0.39 is 17.7 Å². The van der Waals surface area contributed by atoms with Crippen LogP contribution < -0.4 is 10.1 Å². The zero-order chi connectivity index (χ0) is 27.3. The Bertz CT molecular complexity index is 1240. The minimum Gasteiger partial charge on any atom is -0.485 e. The average molecular weight is 530 g/mol. The normalized spacial score (nSPS) is 15.2. The Morgan fingerprint density at radius 1 is 1.05 bits per heavy atom. The molecule has 0 spiro atoms. The Hall–Kier alpha value is -3.75. The van der Waals surface area contributed by atoms with Crippen molar-refractivity contribution in [3.05, 3.63) is 77.0 Å². The molecule has 1 aromatic heterocycles. The lowest BCUT2D eigenvalue weighted by Gasteiger charge is -2.30. The van der Waals surface area contributed by atoms with Crippen LogP contribution in [0, 0.1) is 12.8 Å². The zero-order valence-corrected chi connectivity index (χ0v) is 21.0. The molecule has 2 N–H and O–H groups in total. The smallest absolute Gasteiger partial charge is 0.416 e. The van der Waals surface area contributed by atoms with Crippen LogP contribution >= 0.6 is 0 Å². The van der Waals surface area contributed by atoms with E-state index in [1.165, 1.54) is 12.1 Å². The van der Waals surface area contributed by atoms with Gasteiger partial charge in [0.15, 0.2) is 0 Å². The SMILES string of the molecule is Cc1oc(-c2ccc(C(F)(F)F)cc2)cc1C(Oc1ccc(C(=O)NCCC(=O)O)cc1)C1CCCCC1. The third-order valence-electron chi connectivity index (χ3n) is 6.84. The Labute approximate surface area is 218 Å². The highest BCUT2D eigenvalue weighted by molar-refractivity contribution is 5.94. The van der Waals surface area contributed by atoms with Crippen LogP contribution in [0.2, 0.25) is 0 Å². The summed E-state index contributed by atoms with van der Waals surface area (Å²) in [6, 6.07) is 13.4. The van der Waals surface area contributed by atoms with Gasteiger partial charge in [0.25, 0.3) is 5.91 Å². The summed E-state index contributed by atoms with van der Waals surface area (Å²) >= 11 is 0. The van der Waals surface area contributed by atoms with Crippen LogP contribution in [0.3, 0.4) is 0 Å². The predicted octanol–water partition coefficient (Wildman–Crippen LogP) is 7.18. The molecule has 9 heteroatoms. The van der Waals surface area contributed by atoms with Gasteiger partial charge in [-0.05, 0) is 62.2 Å². The molecule has 0 saturated heterocycles. The van der Waals surface area contributed by atoms with Crippen LogP contribution in [0.25, 0.3) is 11.3 Å². The van der Waals surface area contributed by atoms with Crippen LogP contribution in [0.15, 0.2) is 59.0 Å². The van der Waals surface area contributed by atoms with E-state index in [4.69, 9.17) is 14.3 Å². The molecule has 1 saturated carbocycles. The van der Waals surface area contributed by atoms with Gasteiger partial charge in [-0.2, -0.15) is 13.2 Å². The number of rotatable bonds is 9. The number of carboxylic acids is 1. The Balaban J connectivity index is 1.54. The lowest BCUT2D eigenvalue weighted by molar-refractivity contribution is -0.138. The van der Waals surface area contributed by atoms with Crippen molar-refractivity contribution < 1.29 is 37.0 Å². The number of nitrogens with one attached hydrogen (secondary N) is 1. The number of alkyl halides is 3. The van der Waals surface area contributed by atoms with Gasteiger partial charge in [0.05, 0.1) is 12.0 Å². The fraction of sp³-hybridized carbons (Fsp3) is 0.379. The number of benzene rings is 2. The van der Waals surface area contributed by atoms with Gasteiger partial charge in [0, 0.05) is 29.2 Å². The van der Waals surface area contributed by atoms with E-state index in [0.717, 1.165) is 49.8 Å². The standard InChI is InChI=1S/C29H30F3NO5/c1-18-24(17-25(37-18)19-7-11-22(12-8-19)29(30,31)32)27(20-5-3-2-4-6-20)38-23-13-9-21(10-14-23)28(36)33-16-15-26(34)35/h7-14,17,20,27H,2-6,15-16H2,1H3,(H,33,36)(H,34,35). The number of furan rings is 1. The van der Waals surface area contributed by atoms with Gasteiger partial charge in [0.1, 0.15) is 23.4 Å². The van der Waals surface area contributed by atoms with Crippen molar-refractivity contribution in [2.45, 2.75) is 57.7 Å². The second kappa shape index (κ2) is 11.8. The molecular formula is C29H30F3NO5. The maximum absolute atomic E-state index is 13.0. The minimum atomic E-state index is -4.41. The molecule has 1 fully saturated rings. The van der Waals surface area contributed by atoms with Crippen LogP contribution in [0.5, 0.6) is 5.75 Å². The van der Waals surface area contributed by atoms with Crippen LogP contribution in [-0.2, 0) is 11.0 Å². The highest BCUT2D eigenvalue weighted by Gasteiger charge is 2.32. The molecule has 38 heavy (non-hydrogen) atoms. The third-order valence-corrected chi connectivity index (χ3v) is 6.84. The van der Waals surface area contributed by atoms with Gasteiger partial charge in [-0.15, -0.1) is 0 Å². The lowest BCUT2D eigenvalue weighted by Crippen LogP contribution is -2.26. The number of ether oxygens (including phenoxy) is 1. The minimum absolute atomic E-state index is 0.0389. The lowest BCUT2D eigenvalue weighted by atomic mass is 9.82. The number of hydrogen-bond acceptors (Lipinski definition) is 4. The number of hydrogen-bond donors (Lipinski definition) is 2. The summed E-state index contributed by atoms with van der Waals surface area (Å²) in [6.45, 7) is 1.86. The van der Waals surface area contributed by atoms with Gasteiger partial charge in [-0.1, -0.05) is 31.4 Å². The number of halogens is 3. The largest absolute Gasteiger partial charge is 0.485 e. The van der Waals surface area contributed by atoms with Crippen molar-refractivity contribution in [2.75, 3.05) is 6.54 Å². The molecule has 1 aliphatic rings. The molecule has 1 aliphatic carbocycles. The molecule has 3 aromatic rings. The molecule has 0 radical (unpaired) electrons. The summed E-state index contributed by atoms with van der Waals surface area (Å²) in [7, 11) is 0. The van der Waals surface area contributed by atoms with Gasteiger partial charge in [-0.3, -0.25) is 9.59 Å². The first-order chi connectivity index (χ1) is 18.1. The molecule has 1 unspecified atom stereocenters. The van der Waals surface area contributed by atoms with Gasteiger partial charge in [0.2, 0.25) is 0 Å². The number of aryl methyl sites for hydroxylation is 1. The van der Waals surface area contributed by atoms with Crippen molar-refractivity contribution in [1.29, 1.82) is 0 Å². The topological polar surface area (TPSA) is 88.8 Å². The number of carboxylic acid groups (broad SMARTS) is 1. The number of carbonyl (C=O) groups excluding carboxylic acids is 1. The summed E-state index contributed by atoms with van der Waals surface area (Å²) in [5, 5.41) is 11.3. The van der Waals surface area contributed by atoms with Crippen LogP contribution in [0.4, 0.5) is 13.2 Å². The quantitative estimate of drug-likeness (QED) is 0.307. The average Bonchev–Trinajstić information content (AvgIpc) is 3.28.